The fraction of sp³-hybridized carbons (Fsp3) is 0.100. The number of nitrogen functional groups attached to an aromatic ring is 1. The lowest BCUT2D eigenvalue weighted by atomic mass is 10.2. The number of hydrogen-bond acceptors (Lipinski definition) is 4. The van der Waals surface area contributed by atoms with Gasteiger partial charge in [0.15, 0.2) is 5.82 Å². The minimum absolute atomic E-state index is 0.0481. The fourth-order valence-corrected chi connectivity index (χ4v) is 1.19. The van der Waals surface area contributed by atoms with Crippen LogP contribution in [0.1, 0.15) is 5.69 Å². The number of anilines is 1. The molecule has 0 spiro atoms. The predicted octanol–water partition coefficient (Wildman–Crippen LogP) is 1.57. The summed E-state index contributed by atoms with van der Waals surface area (Å²) in [7, 11) is 0. The van der Waals surface area contributed by atoms with E-state index in [2.05, 4.69) is 15.0 Å². The van der Waals surface area contributed by atoms with Gasteiger partial charge in [0, 0.05) is 17.5 Å². The van der Waals surface area contributed by atoms with Crippen molar-refractivity contribution in [2.45, 2.75) is 6.92 Å². The Balaban J connectivity index is 2.53. The van der Waals surface area contributed by atoms with Gasteiger partial charge < -0.3 is 5.73 Å². The van der Waals surface area contributed by atoms with Crippen LogP contribution in [0.2, 0.25) is 0 Å². The molecule has 0 fully saturated rings. The molecule has 2 N–H and O–H groups in total. The molecule has 0 saturated carbocycles. The van der Waals surface area contributed by atoms with Crippen LogP contribution in [0.5, 0.6) is 0 Å². The van der Waals surface area contributed by atoms with Crippen molar-refractivity contribution in [3.63, 3.8) is 0 Å². The monoisotopic (exact) mass is 204 g/mol. The first-order chi connectivity index (χ1) is 7.16. The zero-order valence-electron chi connectivity index (χ0n) is 8.11. The summed E-state index contributed by atoms with van der Waals surface area (Å²) in [5, 5.41) is 0. The topological polar surface area (TPSA) is 64.7 Å². The minimum atomic E-state index is -0.505. The fourth-order valence-electron chi connectivity index (χ4n) is 1.19. The van der Waals surface area contributed by atoms with Crippen LogP contribution in [0.15, 0.2) is 24.5 Å². The molecule has 4 nitrogen and oxygen atoms in total. The maximum absolute atomic E-state index is 13.3. The molecule has 0 bridgehead atoms. The van der Waals surface area contributed by atoms with Crippen LogP contribution in [0.25, 0.3) is 11.3 Å². The van der Waals surface area contributed by atoms with E-state index in [9.17, 15) is 4.39 Å². The Morgan fingerprint density at radius 1 is 1.20 bits per heavy atom. The molecule has 0 atom stereocenters. The molecule has 0 saturated heterocycles. The van der Waals surface area contributed by atoms with Crippen molar-refractivity contribution in [2.24, 2.45) is 0 Å². The number of nitrogens with two attached hydrogens (primary N) is 1. The lowest BCUT2D eigenvalue weighted by Crippen LogP contribution is -1.99. The zero-order chi connectivity index (χ0) is 10.8. The first-order valence-corrected chi connectivity index (χ1v) is 4.38. The Morgan fingerprint density at radius 3 is 2.67 bits per heavy atom. The molecule has 0 unspecified atom stereocenters. The van der Waals surface area contributed by atoms with Gasteiger partial charge >= 0.3 is 0 Å². The van der Waals surface area contributed by atoms with Crippen LogP contribution >= 0.6 is 0 Å². The third-order valence-corrected chi connectivity index (χ3v) is 1.95. The molecule has 0 aliphatic carbocycles. The van der Waals surface area contributed by atoms with Crippen molar-refractivity contribution >= 4 is 5.95 Å². The molecule has 15 heavy (non-hydrogen) atoms. The summed E-state index contributed by atoms with van der Waals surface area (Å²) >= 11 is 0. The highest BCUT2D eigenvalue weighted by molar-refractivity contribution is 5.59. The van der Waals surface area contributed by atoms with Gasteiger partial charge in [0.1, 0.15) is 5.69 Å². The van der Waals surface area contributed by atoms with E-state index < -0.39 is 5.82 Å². The van der Waals surface area contributed by atoms with Crippen LogP contribution in [0, 0.1) is 12.7 Å². The molecule has 2 heterocycles. The van der Waals surface area contributed by atoms with Gasteiger partial charge in [0.2, 0.25) is 5.95 Å². The second-order valence-electron chi connectivity index (χ2n) is 3.11. The van der Waals surface area contributed by atoms with Crippen molar-refractivity contribution in [1.29, 1.82) is 0 Å². The van der Waals surface area contributed by atoms with E-state index in [-0.39, 0.29) is 11.6 Å². The van der Waals surface area contributed by atoms with E-state index in [0.717, 1.165) is 11.9 Å². The summed E-state index contributed by atoms with van der Waals surface area (Å²) in [6.45, 7) is 1.86. The van der Waals surface area contributed by atoms with E-state index >= 15 is 0 Å². The largest absolute Gasteiger partial charge is 0.368 e. The highest BCUT2D eigenvalue weighted by Gasteiger charge is 2.08. The van der Waals surface area contributed by atoms with Gasteiger partial charge in [0.25, 0.3) is 0 Å². The maximum atomic E-state index is 13.3. The van der Waals surface area contributed by atoms with Gasteiger partial charge in [-0.1, -0.05) is 0 Å². The lowest BCUT2D eigenvalue weighted by molar-refractivity contribution is 0.619. The van der Waals surface area contributed by atoms with Gasteiger partial charge in [-0.25, -0.2) is 14.4 Å². The van der Waals surface area contributed by atoms with Crippen molar-refractivity contribution in [3.8, 4) is 11.3 Å². The Kier molecular flexibility index (Phi) is 2.29. The third-order valence-electron chi connectivity index (χ3n) is 1.95. The molecule has 2 aromatic rings. The number of halogens is 1. The van der Waals surface area contributed by atoms with E-state index in [0.29, 0.717) is 5.56 Å². The molecule has 5 heteroatoms. The van der Waals surface area contributed by atoms with Gasteiger partial charge in [0.05, 0.1) is 6.20 Å². The average Bonchev–Trinajstić information content (AvgIpc) is 2.23. The molecule has 2 rings (SSSR count). The standard InChI is InChI=1S/C10H9FN4/c1-6-2-3-7(4-13-6)9-8(11)5-14-10(12)15-9/h2-5H,1H3,(H2,12,14,15). The Hall–Kier alpha value is -2.04. The normalized spacial score (nSPS) is 10.3. The second-order valence-corrected chi connectivity index (χ2v) is 3.11. The maximum Gasteiger partial charge on any atom is 0.220 e. The van der Waals surface area contributed by atoms with E-state index in [4.69, 9.17) is 5.73 Å². The summed E-state index contributed by atoms with van der Waals surface area (Å²) < 4.78 is 13.3. The minimum Gasteiger partial charge on any atom is -0.368 e. The summed E-state index contributed by atoms with van der Waals surface area (Å²) in [4.78, 5) is 11.4. The Morgan fingerprint density at radius 2 is 2.00 bits per heavy atom. The van der Waals surface area contributed by atoms with Gasteiger partial charge in [-0.05, 0) is 19.1 Å². The van der Waals surface area contributed by atoms with E-state index in [1.54, 1.807) is 18.3 Å². The zero-order valence-corrected chi connectivity index (χ0v) is 8.11. The lowest BCUT2D eigenvalue weighted by Gasteiger charge is -2.02. The van der Waals surface area contributed by atoms with E-state index in [1.165, 1.54) is 0 Å². The summed E-state index contributed by atoms with van der Waals surface area (Å²) in [6, 6.07) is 3.53. The van der Waals surface area contributed by atoms with Gasteiger partial charge in [-0.2, -0.15) is 0 Å². The molecule has 0 aliphatic rings. The van der Waals surface area contributed by atoms with Crippen LogP contribution in [-0.2, 0) is 0 Å². The van der Waals surface area contributed by atoms with Crippen molar-refractivity contribution in [1.82, 2.24) is 15.0 Å². The molecule has 2 aromatic heterocycles. The summed E-state index contributed by atoms with van der Waals surface area (Å²) in [5.41, 5.74) is 7.01. The number of nitrogens with zero attached hydrogens (tertiary/aromatic N) is 3. The van der Waals surface area contributed by atoms with E-state index in [1.807, 2.05) is 6.92 Å². The summed E-state index contributed by atoms with van der Waals surface area (Å²) in [6.07, 6.45) is 2.61. The van der Waals surface area contributed by atoms with Gasteiger partial charge in [-0.15, -0.1) is 0 Å². The molecule has 0 amide bonds. The van der Waals surface area contributed by atoms with Crippen molar-refractivity contribution < 1.29 is 4.39 Å². The molecule has 76 valence electrons. The third kappa shape index (κ3) is 1.90. The molecule has 0 radical (unpaired) electrons. The number of rotatable bonds is 1. The predicted molar refractivity (Wildman–Crippen MR) is 54.4 cm³/mol. The quantitative estimate of drug-likeness (QED) is 0.765. The number of aromatic nitrogens is 3. The molecular formula is C10H9FN4. The van der Waals surface area contributed by atoms with Crippen LogP contribution in [0.4, 0.5) is 10.3 Å². The van der Waals surface area contributed by atoms with Crippen LogP contribution in [-0.4, -0.2) is 15.0 Å². The van der Waals surface area contributed by atoms with Crippen molar-refractivity contribution in [2.75, 3.05) is 5.73 Å². The number of hydrogen-bond donors (Lipinski definition) is 1. The molecule has 0 aromatic carbocycles. The second kappa shape index (κ2) is 3.61. The van der Waals surface area contributed by atoms with Crippen LogP contribution < -0.4 is 5.73 Å². The SMILES string of the molecule is Cc1ccc(-c2nc(N)ncc2F)cn1. The van der Waals surface area contributed by atoms with Gasteiger partial charge in [-0.3, -0.25) is 4.98 Å². The Bertz CT molecular complexity index is 481. The van der Waals surface area contributed by atoms with Crippen molar-refractivity contribution in [3.05, 3.63) is 36.0 Å². The summed E-state index contributed by atoms with van der Waals surface area (Å²) in [5.74, 6) is -0.457. The molecular weight excluding hydrogens is 195 g/mol. The number of pyridine rings is 1. The highest BCUT2D eigenvalue weighted by atomic mass is 19.1. The average molecular weight is 204 g/mol. The first kappa shape index (κ1) is 9.51. The van der Waals surface area contributed by atoms with Crippen LogP contribution in [0.3, 0.4) is 0 Å². The highest BCUT2D eigenvalue weighted by Crippen LogP contribution is 2.19. The first-order valence-electron chi connectivity index (χ1n) is 4.38. The Labute approximate surface area is 86.0 Å². The molecule has 0 aliphatic heterocycles. The smallest absolute Gasteiger partial charge is 0.220 e. The number of aryl methyl sites for hydroxylation is 1.